The Labute approximate surface area is 391 Å². The molecule has 0 aromatic heterocycles. The molecular formula is C40H56BF6O12P4Rh-. The second kappa shape index (κ2) is 40.1. The van der Waals surface area contributed by atoms with Gasteiger partial charge in [0.1, 0.15) is 6.15 Å². The fourth-order valence-corrected chi connectivity index (χ4v) is 6.95. The molecule has 24 heteroatoms. The summed E-state index contributed by atoms with van der Waals surface area (Å²) in [6.07, 6.45) is -11.4. The van der Waals surface area contributed by atoms with Gasteiger partial charge in [0, 0.05) is 117 Å². The van der Waals surface area contributed by atoms with Crippen LogP contribution in [0.5, 0.6) is 0 Å². The van der Waals surface area contributed by atoms with E-state index in [1.807, 2.05) is 0 Å². The summed E-state index contributed by atoms with van der Waals surface area (Å²) in [6, 6.07) is 43.5. The maximum atomic E-state index is 10.9. The molecule has 0 aliphatic carbocycles. The van der Waals surface area contributed by atoms with E-state index in [4.69, 9.17) is 0 Å². The minimum absolute atomic E-state index is 0. The molecule has 4 aromatic carbocycles. The Morgan fingerprint density at radius 3 is 0.547 bits per heavy atom. The van der Waals surface area contributed by atoms with E-state index < -0.39 is 52.9 Å². The molecule has 363 valence electrons. The Morgan fingerprint density at radius 2 is 0.453 bits per heavy atom. The largest absolute Gasteiger partial charge is 0.457 e. The van der Waals surface area contributed by atoms with Gasteiger partial charge >= 0.3 is 46.8 Å². The summed E-state index contributed by atoms with van der Waals surface area (Å²) in [7, 11) is 14.3. The molecule has 1 radical (unpaired) electrons. The Kier molecular flexibility index (Phi) is 41.4. The van der Waals surface area contributed by atoms with Gasteiger partial charge in [0.15, 0.2) is 0 Å². The maximum absolute atomic E-state index is 10.9. The van der Waals surface area contributed by atoms with Crippen LogP contribution in [0, 0.1) is 11.8 Å². The summed E-state index contributed by atoms with van der Waals surface area (Å²) in [4.78, 5) is 0. The van der Waals surface area contributed by atoms with Crippen LogP contribution in [0.3, 0.4) is 0 Å². The number of alkyl halides is 6. The Bertz CT molecular complexity index is 1450. The number of halogens is 6. The van der Waals surface area contributed by atoms with Gasteiger partial charge in [-0.25, -0.2) is 0 Å². The van der Waals surface area contributed by atoms with Crippen molar-refractivity contribution < 1.29 is 100 Å². The quantitative estimate of drug-likeness (QED) is 0.0461. The minimum atomic E-state index is -5.07. The zero-order valence-corrected chi connectivity index (χ0v) is 42.6. The topological polar surface area (TPSA) is 111 Å². The van der Waals surface area contributed by atoms with Crippen molar-refractivity contribution in [2.45, 2.75) is 12.4 Å². The second-order valence-electron chi connectivity index (χ2n) is 10.8. The second-order valence-corrected chi connectivity index (χ2v) is 17.0. The number of hydrogen-bond acceptors (Lipinski definition) is 12. The van der Waals surface area contributed by atoms with Crippen molar-refractivity contribution in [1.82, 2.24) is 0 Å². The van der Waals surface area contributed by atoms with Crippen LogP contribution in [0.1, 0.15) is 0 Å². The van der Waals surface area contributed by atoms with Crippen molar-refractivity contribution in [3.05, 3.63) is 121 Å². The molecule has 0 N–H and O–H groups in total. The summed E-state index contributed by atoms with van der Waals surface area (Å²) in [5.74, 6) is 0.174. The molecule has 0 heterocycles. The molecule has 0 aliphatic rings. The smallest absolute Gasteiger partial charge is 0.316 e. The molecule has 0 fully saturated rings. The summed E-state index contributed by atoms with van der Waals surface area (Å²) in [5.41, 5.74) is 5.36. The molecule has 12 nitrogen and oxygen atoms in total. The van der Waals surface area contributed by atoms with Crippen LogP contribution < -0.4 is 21.9 Å². The van der Waals surface area contributed by atoms with Crippen LogP contribution in [-0.4, -0.2) is 104 Å². The van der Waals surface area contributed by atoms with Crippen molar-refractivity contribution in [2.24, 2.45) is 0 Å². The van der Waals surface area contributed by atoms with Gasteiger partial charge in [0.05, 0.1) is 0 Å². The van der Waals surface area contributed by atoms with Crippen LogP contribution in [0.15, 0.2) is 121 Å². The summed E-state index contributed by atoms with van der Waals surface area (Å²) >= 11 is 0. The average molecular weight is 1080 g/mol. The van der Waals surface area contributed by atoms with Crippen molar-refractivity contribution in [3.8, 4) is 11.8 Å². The van der Waals surface area contributed by atoms with E-state index in [9.17, 15) is 26.3 Å². The monoisotopic (exact) mass is 1080 g/mol. The van der Waals surface area contributed by atoms with Gasteiger partial charge in [-0.1, -0.05) is 121 Å². The fourth-order valence-electron chi connectivity index (χ4n) is 5.16. The van der Waals surface area contributed by atoms with E-state index in [1.165, 1.54) is 21.9 Å². The van der Waals surface area contributed by atoms with E-state index >= 15 is 0 Å². The van der Waals surface area contributed by atoms with Gasteiger partial charge < -0.3 is 54.3 Å². The molecule has 0 saturated heterocycles. The predicted octanol–water partition coefficient (Wildman–Crippen LogP) is 9.79. The molecule has 0 atom stereocenters. The van der Waals surface area contributed by atoms with E-state index in [-0.39, 0.29) is 31.3 Å². The third-order valence-corrected chi connectivity index (χ3v) is 10.9. The molecule has 4 aromatic rings. The van der Waals surface area contributed by atoms with Gasteiger partial charge in [0.25, 0.3) is 0 Å². The normalized spacial score (nSPS) is 10.8. The number of benzene rings is 4. The van der Waals surface area contributed by atoms with Crippen molar-refractivity contribution in [2.75, 3.05) is 85.3 Å². The van der Waals surface area contributed by atoms with Gasteiger partial charge in [-0.2, -0.15) is 48.2 Å². The first kappa shape index (κ1) is 66.2. The first-order valence-corrected chi connectivity index (χ1v) is 22.2. The average Bonchev–Trinajstić information content (AvgIpc) is 3.30. The van der Waals surface area contributed by atoms with Gasteiger partial charge in [-0.3, -0.25) is 0 Å². The molecule has 0 bridgehead atoms. The minimum Gasteiger partial charge on any atom is -0.316 e. The number of hydrogen-bond donors (Lipinski definition) is 0. The van der Waals surface area contributed by atoms with Crippen LogP contribution in [-0.2, 0) is 73.8 Å². The first-order chi connectivity index (χ1) is 30.0. The van der Waals surface area contributed by atoms with E-state index in [1.54, 1.807) is 85.3 Å². The molecule has 4 rings (SSSR count). The zero-order chi connectivity index (χ0) is 48.2. The number of rotatable bonds is 16. The van der Waals surface area contributed by atoms with E-state index in [2.05, 4.69) is 176 Å². The van der Waals surface area contributed by atoms with Crippen LogP contribution in [0.2, 0.25) is 0 Å². The van der Waals surface area contributed by atoms with Crippen molar-refractivity contribution >= 4 is 62.4 Å². The Morgan fingerprint density at radius 1 is 0.312 bits per heavy atom. The molecule has 0 saturated carbocycles. The molecular weight excluding hydrogens is 1020 g/mol. The van der Waals surface area contributed by atoms with Crippen molar-refractivity contribution in [1.29, 1.82) is 0 Å². The molecule has 0 spiro atoms. The van der Waals surface area contributed by atoms with Gasteiger partial charge in [0.2, 0.25) is 0 Å². The summed E-state index contributed by atoms with van der Waals surface area (Å²) in [6.45, 7) is 0. The SMILES string of the molecule is COP(OC)OC.COP(OC)OC.COP(OC)OC.COP(OC)OC.FC(F)(F)C#CC(F)(F)F.[Rh].c1ccc([B-](c2ccccc2)(c2ccccc2)c2ccccc2)cc1. The Balaban J connectivity index is -0.000000796. The fraction of sp³-hybridized carbons (Fsp3) is 0.350. The van der Waals surface area contributed by atoms with Gasteiger partial charge in [-0.15, -0.1) is 0 Å². The van der Waals surface area contributed by atoms with Crippen LogP contribution in [0.4, 0.5) is 26.3 Å². The van der Waals surface area contributed by atoms with Crippen molar-refractivity contribution in [3.63, 3.8) is 0 Å². The third kappa shape index (κ3) is 28.9. The predicted molar refractivity (Wildman–Crippen MR) is 242 cm³/mol. The standard InChI is InChI=1S/C24H20B.C4F6.4C3H9O3P.Rh/c1-5-13-21(14-6-1)25(22-15-7-2-8-16-22,23-17-9-3-10-18-23)24-19-11-4-12-20-24;5-3(6,7)1-2-4(8,9)10;4*1-4-7(5-2)6-3;/h1-20H;;4*1-3H3;/q-1;;;;;;. The molecule has 0 aliphatic heterocycles. The molecule has 64 heavy (non-hydrogen) atoms. The zero-order valence-electron chi connectivity index (χ0n) is 37.4. The van der Waals surface area contributed by atoms with E-state index in [0.29, 0.717) is 0 Å². The maximum Gasteiger partial charge on any atom is 0.457 e. The first-order valence-electron chi connectivity index (χ1n) is 17.8. The Hall–Kier alpha value is -2.05. The third-order valence-electron chi connectivity index (χ3n) is 7.33. The molecule has 0 amide bonds. The summed E-state index contributed by atoms with van der Waals surface area (Å²) < 4.78 is 122. The molecule has 0 unspecified atom stereocenters. The summed E-state index contributed by atoms with van der Waals surface area (Å²) in [5, 5.41) is 0. The van der Waals surface area contributed by atoms with E-state index in [0.717, 1.165) is 0 Å². The van der Waals surface area contributed by atoms with Crippen LogP contribution >= 0.6 is 34.4 Å². The van der Waals surface area contributed by atoms with Crippen LogP contribution in [0.25, 0.3) is 0 Å². The van der Waals surface area contributed by atoms with Gasteiger partial charge in [-0.05, 0) is 0 Å².